The molecule has 242 valence electrons. The summed E-state index contributed by atoms with van der Waals surface area (Å²) >= 11 is 1.47. The van der Waals surface area contributed by atoms with Crippen LogP contribution in [0.25, 0.3) is 11.3 Å². The molecule has 1 N–H and O–H groups in total. The summed E-state index contributed by atoms with van der Waals surface area (Å²) in [6, 6.07) is 6.44. The van der Waals surface area contributed by atoms with Crippen molar-refractivity contribution >= 4 is 28.5 Å². The lowest BCUT2D eigenvalue weighted by atomic mass is 9.83. The molecule has 1 aromatic carbocycles. The minimum absolute atomic E-state index is 0.0693. The largest absolute Gasteiger partial charge is 0.496 e. The molecule has 1 aliphatic carbocycles. The van der Waals surface area contributed by atoms with Crippen LogP contribution in [-0.4, -0.2) is 97.8 Å². The number of nitrogens with one attached hydrogen (secondary N) is 1. The summed E-state index contributed by atoms with van der Waals surface area (Å²) < 4.78 is 10.7. The second-order valence-corrected chi connectivity index (χ2v) is 13.5. The number of methoxy groups -OCH3 is 1. The minimum Gasteiger partial charge on any atom is -0.496 e. The van der Waals surface area contributed by atoms with Crippen molar-refractivity contribution in [2.24, 2.45) is 5.92 Å². The van der Waals surface area contributed by atoms with Gasteiger partial charge in [0.15, 0.2) is 5.13 Å². The van der Waals surface area contributed by atoms with Crippen molar-refractivity contribution in [2.45, 2.75) is 77.0 Å². The quantitative estimate of drug-likeness (QED) is 0.214. The van der Waals surface area contributed by atoms with Crippen LogP contribution in [-0.2, 0) is 9.53 Å². The highest BCUT2D eigenvalue weighted by Gasteiger charge is 2.26. The summed E-state index contributed by atoms with van der Waals surface area (Å²) in [6.45, 7) is 10.00. The third kappa shape index (κ3) is 9.17. The summed E-state index contributed by atoms with van der Waals surface area (Å²) in [6.07, 6.45) is 11.4. The van der Waals surface area contributed by atoms with Crippen LogP contribution in [0.15, 0.2) is 23.6 Å². The lowest BCUT2D eigenvalue weighted by molar-refractivity contribution is -0.143. The van der Waals surface area contributed by atoms with Gasteiger partial charge < -0.3 is 19.3 Å². The number of hydrogen-bond acceptors (Lipinski definition) is 8. The smallest absolute Gasteiger partial charge is 0.323 e. The monoisotopic (exact) mass is 625 g/mol. The fourth-order valence-corrected chi connectivity index (χ4v) is 7.78. The number of amides is 2. The van der Waals surface area contributed by atoms with E-state index in [1.54, 1.807) is 7.11 Å². The van der Waals surface area contributed by atoms with Gasteiger partial charge in [0.25, 0.3) is 0 Å². The molecule has 3 aliphatic rings. The number of piperidine rings is 1. The highest BCUT2D eigenvalue weighted by molar-refractivity contribution is 7.14. The summed E-state index contributed by atoms with van der Waals surface area (Å²) in [5, 5.41) is 5.70. The van der Waals surface area contributed by atoms with Gasteiger partial charge in [0.1, 0.15) is 5.75 Å². The van der Waals surface area contributed by atoms with Crippen molar-refractivity contribution < 1.29 is 19.1 Å². The number of thiazole rings is 1. The SMILES string of the molecule is CCOC(=O)CCCCN1CCC[C@@H](CN2CCN(C(=O)Nc3nc(-c4cc(C5CCCCC5)ccc4OC)cs3)CC2)C1. The minimum atomic E-state index is -0.0794. The molecule has 44 heavy (non-hydrogen) atoms. The molecule has 1 aromatic heterocycles. The van der Waals surface area contributed by atoms with Crippen LogP contribution in [0, 0.1) is 5.92 Å². The highest BCUT2D eigenvalue weighted by atomic mass is 32.1. The number of aromatic nitrogens is 1. The predicted molar refractivity (Wildman–Crippen MR) is 177 cm³/mol. The molecule has 0 spiro atoms. The third-order valence-electron chi connectivity index (χ3n) is 9.48. The van der Waals surface area contributed by atoms with Crippen molar-refractivity contribution in [3.63, 3.8) is 0 Å². The molecule has 5 rings (SSSR count). The summed E-state index contributed by atoms with van der Waals surface area (Å²) in [5.41, 5.74) is 3.22. The van der Waals surface area contributed by atoms with Crippen LogP contribution >= 0.6 is 11.3 Å². The van der Waals surface area contributed by atoms with Gasteiger partial charge in [0.2, 0.25) is 0 Å². The highest BCUT2D eigenvalue weighted by Crippen LogP contribution is 2.38. The lowest BCUT2D eigenvalue weighted by Gasteiger charge is -2.39. The van der Waals surface area contributed by atoms with Crippen molar-refractivity contribution in [3.8, 4) is 17.0 Å². The van der Waals surface area contributed by atoms with Crippen LogP contribution in [0.4, 0.5) is 9.93 Å². The van der Waals surface area contributed by atoms with E-state index in [2.05, 4.69) is 33.3 Å². The molecule has 0 unspecified atom stereocenters. The van der Waals surface area contributed by atoms with Gasteiger partial charge in [-0.3, -0.25) is 15.0 Å². The van der Waals surface area contributed by atoms with E-state index >= 15 is 0 Å². The van der Waals surface area contributed by atoms with E-state index in [1.807, 2.05) is 17.2 Å². The first-order valence-electron chi connectivity index (χ1n) is 16.8. The second kappa shape index (κ2) is 16.6. The van der Waals surface area contributed by atoms with Crippen molar-refractivity contribution in [3.05, 3.63) is 29.1 Å². The average molecular weight is 626 g/mol. The molecule has 2 amide bonds. The van der Waals surface area contributed by atoms with Gasteiger partial charge in [-0.15, -0.1) is 11.3 Å². The standard InChI is InChI=1S/C34H51N5O4S/c1-3-43-32(40)13-7-8-16-37-17-9-10-26(23-37)24-38-18-20-39(21-19-38)34(41)36-33-35-30(25-44-33)29-22-28(14-15-31(29)42-2)27-11-5-4-6-12-27/h14-15,22,25-27H,3-13,16-21,23-24H2,1-2H3,(H,35,36,41)/t26-/m1/s1. The van der Waals surface area contributed by atoms with Crippen molar-refractivity contribution in [1.82, 2.24) is 19.7 Å². The van der Waals surface area contributed by atoms with Crippen LogP contribution in [0.3, 0.4) is 0 Å². The Hall–Kier alpha value is -2.69. The van der Waals surface area contributed by atoms with E-state index in [1.165, 1.54) is 61.8 Å². The molecular formula is C34H51N5O4S. The van der Waals surface area contributed by atoms with Gasteiger partial charge >= 0.3 is 12.0 Å². The number of carbonyl (C=O) groups is 2. The Kier molecular flexibility index (Phi) is 12.3. The normalized spacial score (nSPS) is 20.4. The molecule has 2 saturated heterocycles. The van der Waals surface area contributed by atoms with E-state index in [0.29, 0.717) is 30.0 Å². The number of anilines is 1. The molecule has 9 nitrogen and oxygen atoms in total. The molecule has 1 atom stereocenters. The number of benzene rings is 1. The van der Waals surface area contributed by atoms with Gasteiger partial charge in [0, 0.05) is 56.6 Å². The fraction of sp³-hybridized carbons (Fsp3) is 0.676. The van der Waals surface area contributed by atoms with Crippen LogP contribution in [0.5, 0.6) is 5.75 Å². The molecular weight excluding hydrogens is 574 g/mol. The van der Waals surface area contributed by atoms with E-state index in [4.69, 9.17) is 14.5 Å². The first-order valence-corrected chi connectivity index (χ1v) is 17.7. The zero-order valence-electron chi connectivity index (χ0n) is 26.7. The Labute approximate surface area is 267 Å². The average Bonchev–Trinajstić information content (AvgIpc) is 3.52. The molecule has 2 aliphatic heterocycles. The maximum Gasteiger partial charge on any atom is 0.323 e. The van der Waals surface area contributed by atoms with E-state index in [0.717, 1.165) is 82.2 Å². The summed E-state index contributed by atoms with van der Waals surface area (Å²) in [4.78, 5) is 36.5. The number of hydrogen-bond donors (Lipinski definition) is 1. The maximum absolute atomic E-state index is 13.1. The molecule has 1 saturated carbocycles. The molecule has 3 fully saturated rings. The third-order valence-corrected chi connectivity index (χ3v) is 10.2. The predicted octanol–water partition coefficient (Wildman–Crippen LogP) is 6.46. The Balaban J connectivity index is 1.06. The number of nitrogens with zero attached hydrogens (tertiary/aromatic N) is 4. The number of urea groups is 1. The van der Waals surface area contributed by atoms with Crippen LogP contribution < -0.4 is 10.1 Å². The van der Waals surface area contributed by atoms with Crippen molar-refractivity contribution in [1.29, 1.82) is 0 Å². The lowest BCUT2D eigenvalue weighted by Crippen LogP contribution is -2.52. The van der Waals surface area contributed by atoms with Crippen LogP contribution in [0.2, 0.25) is 0 Å². The van der Waals surface area contributed by atoms with Gasteiger partial charge in [0.05, 0.1) is 19.4 Å². The molecule has 0 bridgehead atoms. The Morgan fingerprint density at radius 2 is 1.82 bits per heavy atom. The number of esters is 1. The number of rotatable bonds is 12. The van der Waals surface area contributed by atoms with Crippen molar-refractivity contribution in [2.75, 3.05) is 71.4 Å². The van der Waals surface area contributed by atoms with E-state index in [9.17, 15) is 9.59 Å². The van der Waals surface area contributed by atoms with Gasteiger partial charge in [-0.25, -0.2) is 9.78 Å². The van der Waals surface area contributed by atoms with E-state index in [-0.39, 0.29) is 12.0 Å². The first kappa shape index (κ1) is 32.7. The Morgan fingerprint density at radius 1 is 1.00 bits per heavy atom. The summed E-state index contributed by atoms with van der Waals surface area (Å²) in [7, 11) is 1.70. The number of likely N-dealkylation sites (tertiary alicyclic amines) is 1. The molecule has 3 heterocycles. The molecule has 2 aromatic rings. The van der Waals surface area contributed by atoms with E-state index < -0.39 is 0 Å². The maximum atomic E-state index is 13.1. The Morgan fingerprint density at radius 3 is 2.59 bits per heavy atom. The molecule has 0 radical (unpaired) electrons. The summed E-state index contributed by atoms with van der Waals surface area (Å²) in [5.74, 6) is 2.01. The van der Waals surface area contributed by atoms with Crippen LogP contribution in [0.1, 0.15) is 82.6 Å². The molecule has 10 heteroatoms. The Bertz CT molecular complexity index is 1210. The van der Waals surface area contributed by atoms with Gasteiger partial charge in [-0.1, -0.05) is 25.3 Å². The number of carbonyl (C=O) groups excluding carboxylic acids is 2. The van der Waals surface area contributed by atoms with Gasteiger partial charge in [-0.05, 0) is 88.1 Å². The number of piperazine rings is 1. The second-order valence-electron chi connectivity index (χ2n) is 12.6. The zero-order chi connectivity index (χ0) is 30.7. The number of unbranched alkanes of at least 4 members (excludes halogenated alkanes) is 1. The number of ether oxygens (including phenoxy) is 2. The fourth-order valence-electron chi connectivity index (χ4n) is 7.08. The first-order chi connectivity index (χ1) is 21.5. The van der Waals surface area contributed by atoms with Gasteiger partial charge in [-0.2, -0.15) is 0 Å². The topological polar surface area (TPSA) is 87.2 Å². The zero-order valence-corrected chi connectivity index (χ0v) is 27.5.